The van der Waals surface area contributed by atoms with Crippen molar-refractivity contribution in [3.63, 3.8) is 0 Å². The zero-order chi connectivity index (χ0) is 16.8. The van der Waals surface area contributed by atoms with E-state index in [4.69, 9.17) is 16.0 Å². The van der Waals surface area contributed by atoms with Crippen LogP contribution in [0.4, 0.5) is 0 Å². The lowest BCUT2D eigenvalue weighted by atomic mass is 10.2. The van der Waals surface area contributed by atoms with E-state index < -0.39 is 0 Å². The van der Waals surface area contributed by atoms with Crippen LogP contribution in [0.1, 0.15) is 54.0 Å². The molecule has 0 unspecified atom stereocenters. The molecule has 0 bridgehead atoms. The third kappa shape index (κ3) is 3.00. The maximum atomic E-state index is 12.8. The standard InChI is InChI=1S/C18H19ClN2O3/c1-10-6-14(10)16-5-4-13(24-16)9-21(12-2-3-12)18(23)11-7-15(19)17(22)20-8-11/h4-5,7-8,10,12,14H,2-3,6,9H2,1H3,(H,20,22)/t10-,14-/m0/s1. The van der Waals surface area contributed by atoms with Crippen molar-refractivity contribution in [3.8, 4) is 0 Å². The number of carbonyl (C=O) groups excluding carboxylic acids is 1. The summed E-state index contributed by atoms with van der Waals surface area (Å²) in [5.74, 6) is 2.91. The molecule has 2 aliphatic rings. The summed E-state index contributed by atoms with van der Waals surface area (Å²) < 4.78 is 5.94. The van der Waals surface area contributed by atoms with Gasteiger partial charge in [0.15, 0.2) is 0 Å². The molecular formula is C18H19ClN2O3. The minimum absolute atomic E-state index is 0.0274. The number of aromatic nitrogens is 1. The fourth-order valence-corrected chi connectivity index (χ4v) is 3.24. The third-order valence-electron chi connectivity index (χ3n) is 4.84. The molecule has 2 heterocycles. The SMILES string of the molecule is C[C@H]1C[C@@H]1c1ccc(CN(C(=O)c2c[nH]c(=O)c(Cl)c2)C2CC2)o1. The molecule has 2 aromatic heterocycles. The van der Waals surface area contributed by atoms with Gasteiger partial charge in [0, 0.05) is 18.2 Å². The predicted molar refractivity (Wildman–Crippen MR) is 90.2 cm³/mol. The topological polar surface area (TPSA) is 66.3 Å². The van der Waals surface area contributed by atoms with Crippen molar-refractivity contribution in [2.45, 2.75) is 44.7 Å². The molecule has 2 aromatic rings. The maximum absolute atomic E-state index is 12.8. The normalized spacial score (nSPS) is 22.4. The van der Waals surface area contributed by atoms with Gasteiger partial charge in [-0.1, -0.05) is 18.5 Å². The summed E-state index contributed by atoms with van der Waals surface area (Å²) in [6.07, 6.45) is 4.59. The highest BCUT2D eigenvalue weighted by Crippen LogP contribution is 2.47. The van der Waals surface area contributed by atoms with E-state index in [-0.39, 0.29) is 22.5 Å². The lowest BCUT2D eigenvalue weighted by molar-refractivity contribution is 0.0716. The van der Waals surface area contributed by atoms with Crippen LogP contribution in [0.3, 0.4) is 0 Å². The van der Waals surface area contributed by atoms with E-state index in [0.29, 0.717) is 23.9 Å². The van der Waals surface area contributed by atoms with Crippen LogP contribution < -0.4 is 5.56 Å². The van der Waals surface area contributed by atoms with Crippen LogP contribution in [0.2, 0.25) is 5.02 Å². The Morgan fingerprint density at radius 2 is 2.17 bits per heavy atom. The number of nitrogens with zero attached hydrogens (tertiary/aromatic N) is 1. The number of H-pyrrole nitrogens is 1. The van der Waals surface area contributed by atoms with E-state index in [2.05, 4.69) is 11.9 Å². The Labute approximate surface area is 144 Å². The average molecular weight is 347 g/mol. The first-order valence-electron chi connectivity index (χ1n) is 8.30. The number of halogens is 1. The highest BCUT2D eigenvalue weighted by molar-refractivity contribution is 6.30. The van der Waals surface area contributed by atoms with Crippen LogP contribution in [0, 0.1) is 5.92 Å². The first-order valence-corrected chi connectivity index (χ1v) is 8.68. The van der Waals surface area contributed by atoms with E-state index in [1.165, 1.54) is 18.7 Å². The smallest absolute Gasteiger partial charge is 0.266 e. The summed E-state index contributed by atoms with van der Waals surface area (Å²) in [5.41, 5.74) is 0.00881. The zero-order valence-electron chi connectivity index (χ0n) is 13.4. The molecule has 1 amide bonds. The summed E-state index contributed by atoms with van der Waals surface area (Å²) in [6, 6.07) is 5.65. The molecule has 0 radical (unpaired) electrons. The molecule has 0 saturated heterocycles. The minimum atomic E-state index is -0.389. The van der Waals surface area contributed by atoms with E-state index in [9.17, 15) is 9.59 Å². The summed E-state index contributed by atoms with van der Waals surface area (Å²) >= 11 is 5.84. The number of hydrogen-bond donors (Lipinski definition) is 1. The Morgan fingerprint density at radius 3 is 2.79 bits per heavy atom. The van der Waals surface area contributed by atoms with Crippen LogP contribution in [0.25, 0.3) is 0 Å². The number of carbonyl (C=O) groups is 1. The Balaban J connectivity index is 1.53. The molecule has 0 aromatic carbocycles. The molecule has 126 valence electrons. The van der Waals surface area contributed by atoms with Gasteiger partial charge in [0.1, 0.15) is 16.5 Å². The summed E-state index contributed by atoms with van der Waals surface area (Å²) in [5, 5.41) is 0.0274. The number of furan rings is 1. The second-order valence-electron chi connectivity index (χ2n) is 6.85. The number of nitrogens with one attached hydrogen (secondary N) is 1. The molecule has 24 heavy (non-hydrogen) atoms. The van der Waals surface area contributed by atoms with Crippen molar-refractivity contribution >= 4 is 17.5 Å². The molecule has 0 aliphatic heterocycles. The zero-order valence-corrected chi connectivity index (χ0v) is 14.2. The van der Waals surface area contributed by atoms with E-state index in [0.717, 1.165) is 24.4 Å². The molecule has 2 saturated carbocycles. The van der Waals surface area contributed by atoms with Crippen LogP contribution in [-0.4, -0.2) is 21.8 Å². The Morgan fingerprint density at radius 1 is 1.42 bits per heavy atom. The quantitative estimate of drug-likeness (QED) is 0.900. The van der Waals surface area contributed by atoms with Crippen molar-refractivity contribution in [1.82, 2.24) is 9.88 Å². The fourth-order valence-electron chi connectivity index (χ4n) is 3.06. The maximum Gasteiger partial charge on any atom is 0.266 e. The molecule has 2 fully saturated rings. The second-order valence-corrected chi connectivity index (χ2v) is 7.26. The minimum Gasteiger partial charge on any atom is -0.464 e. The van der Waals surface area contributed by atoms with Gasteiger partial charge in [-0.15, -0.1) is 0 Å². The van der Waals surface area contributed by atoms with Crippen molar-refractivity contribution in [2.75, 3.05) is 0 Å². The van der Waals surface area contributed by atoms with Gasteiger partial charge in [0.05, 0.1) is 12.1 Å². The molecule has 4 rings (SSSR count). The molecule has 2 aliphatic carbocycles. The Bertz CT molecular complexity index is 837. The van der Waals surface area contributed by atoms with Crippen molar-refractivity contribution < 1.29 is 9.21 Å². The van der Waals surface area contributed by atoms with Crippen LogP contribution in [-0.2, 0) is 6.54 Å². The van der Waals surface area contributed by atoms with E-state index in [1.807, 2.05) is 17.0 Å². The largest absolute Gasteiger partial charge is 0.464 e. The van der Waals surface area contributed by atoms with Gasteiger partial charge < -0.3 is 14.3 Å². The molecule has 0 spiro atoms. The highest BCUT2D eigenvalue weighted by Gasteiger charge is 2.37. The van der Waals surface area contributed by atoms with Gasteiger partial charge in [-0.25, -0.2) is 0 Å². The van der Waals surface area contributed by atoms with Crippen molar-refractivity contribution in [1.29, 1.82) is 0 Å². The van der Waals surface area contributed by atoms with Gasteiger partial charge in [-0.05, 0) is 43.4 Å². The number of rotatable bonds is 5. The summed E-state index contributed by atoms with van der Waals surface area (Å²) in [7, 11) is 0. The van der Waals surface area contributed by atoms with Gasteiger partial charge in [0.25, 0.3) is 11.5 Å². The molecule has 6 heteroatoms. The van der Waals surface area contributed by atoms with Gasteiger partial charge in [-0.2, -0.15) is 0 Å². The third-order valence-corrected chi connectivity index (χ3v) is 5.12. The number of pyridine rings is 1. The fraction of sp³-hybridized carbons (Fsp3) is 0.444. The van der Waals surface area contributed by atoms with Crippen LogP contribution >= 0.6 is 11.6 Å². The number of hydrogen-bond acceptors (Lipinski definition) is 3. The first kappa shape index (κ1) is 15.5. The number of aromatic amines is 1. The number of amides is 1. The molecular weight excluding hydrogens is 328 g/mol. The molecule has 5 nitrogen and oxygen atoms in total. The summed E-state index contributed by atoms with van der Waals surface area (Å²) in [4.78, 5) is 28.5. The van der Waals surface area contributed by atoms with Crippen LogP contribution in [0.5, 0.6) is 0 Å². The van der Waals surface area contributed by atoms with Gasteiger partial charge in [0.2, 0.25) is 0 Å². The first-order chi connectivity index (χ1) is 11.5. The average Bonchev–Trinajstić information content (AvgIpc) is 3.48. The monoisotopic (exact) mass is 346 g/mol. The van der Waals surface area contributed by atoms with Crippen molar-refractivity contribution in [3.05, 3.63) is 56.9 Å². The van der Waals surface area contributed by atoms with Gasteiger partial charge >= 0.3 is 0 Å². The van der Waals surface area contributed by atoms with Gasteiger partial charge in [-0.3, -0.25) is 9.59 Å². The lowest BCUT2D eigenvalue weighted by Crippen LogP contribution is -2.33. The lowest BCUT2D eigenvalue weighted by Gasteiger charge is -2.21. The Hall–Kier alpha value is -2.01. The predicted octanol–water partition coefficient (Wildman–Crippen LogP) is 3.55. The second kappa shape index (κ2) is 5.81. The molecule has 1 N–H and O–H groups in total. The summed E-state index contributed by atoms with van der Waals surface area (Å²) in [6.45, 7) is 2.66. The van der Waals surface area contributed by atoms with E-state index >= 15 is 0 Å². The Kier molecular flexibility index (Phi) is 3.76. The highest BCUT2D eigenvalue weighted by atomic mass is 35.5. The van der Waals surface area contributed by atoms with Crippen molar-refractivity contribution in [2.24, 2.45) is 5.92 Å². The molecule has 2 atom stereocenters. The van der Waals surface area contributed by atoms with E-state index in [1.54, 1.807) is 0 Å². The van der Waals surface area contributed by atoms with Crippen LogP contribution in [0.15, 0.2) is 33.6 Å².